The highest BCUT2D eigenvalue weighted by molar-refractivity contribution is 14.1. The van der Waals surface area contributed by atoms with E-state index in [1.54, 1.807) is 24.3 Å². The molecule has 3 aromatic carbocycles. The van der Waals surface area contributed by atoms with Gasteiger partial charge < -0.3 is 9.47 Å². The van der Waals surface area contributed by atoms with Crippen LogP contribution in [0.5, 0.6) is 11.5 Å². The molecule has 3 aromatic rings. The van der Waals surface area contributed by atoms with Crippen molar-refractivity contribution in [2.24, 2.45) is 0 Å². The van der Waals surface area contributed by atoms with Gasteiger partial charge in [-0.3, -0.25) is 0 Å². The van der Waals surface area contributed by atoms with Gasteiger partial charge in [-0.05, 0) is 76.5 Å². The smallest absolute Gasteiger partial charge is 0.165 e. The van der Waals surface area contributed by atoms with E-state index >= 15 is 0 Å². The zero-order valence-electron chi connectivity index (χ0n) is 16.1. The standard InChI is InChI=1S/C24H24FIO2/c1-3-24(2,19-10-12-20(26)13-11-19)17-27-16-18-9-14-22(25)23(15-18)28-21-7-5-4-6-8-21/h4-15H,3,16-17H2,1-2H3. The van der Waals surface area contributed by atoms with E-state index < -0.39 is 0 Å². The molecular formula is C24H24FIO2. The van der Waals surface area contributed by atoms with Crippen LogP contribution in [0, 0.1) is 9.39 Å². The van der Waals surface area contributed by atoms with Crippen LogP contribution in [0.1, 0.15) is 31.4 Å². The minimum Gasteiger partial charge on any atom is -0.454 e. The molecule has 0 heterocycles. The summed E-state index contributed by atoms with van der Waals surface area (Å²) >= 11 is 2.31. The van der Waals surface area contributed by atoms with Gasteiger partial charge in [-0.15, -0.1) is 0 Å². The Labute approximate surface area is 179 Å². The molecule has 0 saturated carbocycles. The van der Waals surface area contributed by atoms with Crippen molar-refractivity contribution in [2.45, 2.75) is 32.3 Å². The van der Waals surface area contributed by atoms with E-state index in [-0.39, 0.29) is 17.0 Å². The lowest BCUT2D eigenvalue weighted by Crippen LogP contribution is -2.27. The van der Waals surface area contributed by atoms with Crippen LogP contribution >= 0.6 is 22.6 Å². The number of ether oxygens (including phenoxy) is 2. The van der Waals surface area contributed by atoms with Gasteiger partial charge in [-0.2, -0.15) is 0 Å². The van der Waals surface area contributed by atoms with Crippen LogP contribution in [0.25, 0.3) is 0 Å². The maximum absolute atomic E-state index is 14.1. The van der Waals surface area contributed by atoms with Crippen LogP contribution in [0.3, 0.4) is 0 Å². The molecule has 146 valence electrons. The molecule has 1 unspecified atom stereocenters. The largest absolute Gasteiger partial charge is 0.454 e. The highest BCUT2D eigenvalue weighted by atomic mass is 127. The van der Waals surface area contributed by atoms with Gasteiger partial charge in [-0.1, -0.05) is 50.2 Å². The Kier molecular flexibility index (Phi) is 7.08. The topological polar surface area (TPSA) is 18.5 Å². The van der Waals surface area contributed by atoms with Crippen molar-refractivity contribution in [1.82, 2.24) is 0 Å². The number of hydrogen-bond acceptors (Lipinski definition) is 2. The maximum atomic E-state index is 14.1. The van der Waals surface area contributed by atoms with E-state index in [1.165, 1.54) is 15.2 Å². The van der Waals surface area contributed by atoms with E-state index in [2.05, 4.69) is 60.7 Å². The lowest BCUT2D eigenvalue weighted by Gasteiger charge is -2.29. The highest BCUT2D eigenvalue weighted by Gasteiger charge is 2.25. The van der Waals surface area contributed by atoms with E-state index in [1.807, 2.05) is 18.2 Å². The molecule has 0 spiro atoms. The Morgan fingerprint density at radius 2 is 1.68 bits per heavy atom. The Morgan fingerprint density at radius 1 is 0.964 bits per heavy atom. The van der Waals surface area contributed by atoms with Crippen molar-refractivity contribution in [2.75, 3.05) is 6.61 Å². The fraction of sp³-hybridized carbons (Fsp3) is 0.250. The van der Waals surface area contributed by atoms with Crippen molar-refractivity contribution in [3.05, 3.63) is 93.3 Å². The Hall–Kier alpha value is -1.92. The SMILES string of the molecule is CCC(C)(COCc1ccc(F)c(Oc2ccccc2)c1)c1ccc(I)cc1. The summed E-state index contributed by atoms with van der Waals surface area (Å²) in [6.07, 6.45) is 0.972. The molecule has 0 radical (unpaired) electrons. The quantitative estimate of drug-likeness (QED) is 0.314. The highest BCUT2D eigenvalue weighted by Crippen LogP contribution is 2.30. The Balaban J connectivity index is 1.65. The third-order valence-corrected chi connectivity index (χ3v) is 5.70. The van der Waals surface area contributed by atoms with Gasteiger partial charge in [0.05, 0.1) is 13.2 Å². The van der Waals surface area contributed by atoms with Gasteiger partial charge in [-0.25, -0.2) is 4.39 Å². The molecule has 0 amide bonds. The normalized spacial score (nSPS) is 13.1. The first-order valence-electron chi connectivity index (χ1n) is 9.35. The van der Waals surface area contributed by atoms with E-state index in [4.69, 9.17) is 9.47 Å². The van der Waals surface area contributed by atoms with Crippen molar-refractivity contribution < 1.29 is 13.9 Å². The molecule has 0 N–H and O–H groups in total. The number of benzene rings is 3. The third-order valence-electron chi connectivity index (χ3n) is 4.98. The second-order valence-corrected chi connectivity index (χ2v) is 8.34. The van der Waals surface area contributed by atoms with Crippen LogP contribution in [0.15, 0.2) is 72.8 Å². The van der Waals surface area contributed by atoms with E-state index in [0.717, 1.165) is 12.0 Å². The molecule has 0 aliphatic rings. The Morgan fingerprint density at radius 3 is 2.36 bits per heavy atom. The summed E-state index contributed by atoms with van der Waals surface area (Å²) in [6, 6.07) is 22.7. The monoisotopic (exact) mass is 490 g/mol. The van der Waals surface area contributed by atoms with Crippen molar-refractivity contribution >= 4 is 22.6 Å². The number of hydrogen-bond donors (Lipinski definition) is 0. The molecule has 0 aliphatic carbocycles. The lowest BCUT2D eigenvalue weighted by molar-refractivity contribution is 0.0746. The summed E-state index contributed by atoms with van der Waals surface area (Å²) in [4.78, 5) is 0. The van der Waals surface area contributed by atoms with Gasteiger partial charge in [0.2, 0.25) is 0 Å². The number of halogens is 2. The lowest BCUT2D eigenvalue weighted by atomic mass is 9.81. The summed E-state index contributed by atoms with van der Waals surface area (Å²) in [5.41, 5.74) is 2.09. The summed E-state index contributed by atoms with van der Waals surface area (Å²) in [7, 11) is 0. The predicted octanol–water partition coefficient (Wildman–Crippen LogP) is 7.11. The van der Waals surface area contributed by atoms with Gasteiger partial charge in [0.15, 0.2) is 11.6 Å². The molecule has 28 heavy (non-hydrogen) atoms. The average Bonchev–Trinajstić information content (AvgIpc) is 2.71. The summed E-state index contributed by atoms with van der Waals surface area (Å²) < 4.78 is 27.0. The fourth-order valence-corrected chi connectivity index (χ4v) is 3.33. The van der Waals surface area contributed by atoms with Crippen LogP contribution in [-0.4, -0.2) is 6.61 Å². The number of rotatable bonds is 8. The van der Waals surface area contributed by atoms with Crippen molar-refractivity contribution in [3.63, 3.8) is 0 Å². The first-order chi connectivity index (χ1) is 13.5. The van der Waals surface area contributed by atoms with Crippen LogP contribution < -0.4 is 4.74 Å². The summed E-state index contributed by atoms with van der Waals surface area (Å²) in [5, 5.41) is 0. The fourth-order valence-electron chi connectivity index (χ4n) is 2.97. The van der Waals surface area contributed by atoms with Gasteiger partial charge in [0.25, 0.3) is 0 Å². The first kappa shape index (κ1) is 20.8. The molecule has 0 fully saturated rings. The second kappa shape index (κ2) is 9.52. The minimum atomic E-state index is -0.384. The summed E-state index contributed by atoms with van der Waals surface area (Å²) in [5.74, 6) is 0.435. The Bertz CT molecular complexity index is 896. The van der Waals surface area contributed by atoms with Gasteiger partial charge in [0.1, 0.15) is 5.75 Å². The minimum absolute atomic E-state index is 0.0618. The first-order valence-corrected chi connectivity index (χ1v) is 10.4. The molecule has 4 heteroatoms. The van der Waals surface area contributed by atoms with Crippen molar-refractivity contribution in [3.8, 4) is 11.5 Å². The molecule has 0 bridgehead atoms. The zero-order chi connectivity index (χ0) is 20.0. The summed E-state index contributed by atoms with van der Waals surface area (Å²) in [6.45, 7) is 5.39. The van der Waals surface area contributed by atoms with Crippen LogP contribution in [0.2, 0.25) is 0 Å². The molecule has 0 aliphatic heterocycles. The van der Waals surface area contributed by atoms with Crippen molar-refractivity contribution in [1.29, 1.82) is 0 Å². The maximum Gasteiger partial charge on any atom is 0.165 e. The molecule has 2 nitrogen and oxygen atoms in total. The second-order valence-electron chi connectivity index (χ2n) is 7.09. The van der Waals surface area contributed by atoms with Gasteiger partial charge in [0, 0.05) is 8.99 Å². The van der Waals surface area contributed by atoms with Gasteiger partial charge >= 0.3 is 0 Å². The van der Waals surface area contributed by atoms with E-state index in [0.29, 0.717) is 19.0 Å². The molecular weight excluding hydrogens is 466 g/mol. The zero-order valence-corrected chi connectivity index (χ0v) is 18.3. The molecule has 0 saturated heterocycles. The molecule has 3 rings (SSSR count). The third kappa shape index (κ3) is 5.32. The predicted molar refractivity (Wildman–Crippen MR) is 119 cm³/mol. The van der Waals surface area contributed by atoms with Crippen LogP contribution in [0.4, 0.5) is 4.39 Å². The van der Waals surface area contributed by atoms with E-state index in [9.17, 15) is 4.39 Å². The average molecular weight is 490 g/mol. The molecule has 1 atom stereocenters. The molecule has 0 aromatic heterocycles. The van der Waals surface area contributed by atoms with Crippen LogP contribution in [-0.2, 0) is 16.8 Å². The number of para-hydroxylation sites is 1.